The minimum atomic E-state index is -0.568. The van der Waals surface area contributed by atoms with Gasteiger partial charge in [0.05, 0.1) is 6.61 Å². The first-order valence-electron chi connectivity index (χ1n) is 4.76. The second-order valence-corrected chi connectivity index (χ2v) is 3.04. The molecule has 0 aliphatic carbocycles. The second kappa shape index (κ2) is 5.24. The zero-order valence-electron chi connectivity index (χ0n) is 8.82. The van der Waals surface area contributed by atoms with Crippen LogP contribution in [0.2, 0.25) is 0 Å². The molecule has 80 valence electrons. The number of nitrogens with zero attached hydrogens (tertiary/aromatic N) is 1. The first-order chi connectivity index (χ1) is 7.16. The summed E-state index contributed by atoms with van der Waals surface area (Å²) in [6.45, 7) is 3.32. The summed E-state index contributed by atoms with van der Waals surface area (Å²) in [4.78, 5) is 26.7. The van der Waals surface area contributed by atoms with Crippen molar-refractivity contribution in [1.82, 2.24) is 0 Å². The van der Waals surface area contributed by atoms with Crippen molar-refractivity contribution in [1.29, 1.82) is 0 Å². The van der Waals surface area contributed by atoms with E-state index in [0.29, 0.717) is 12.0 Å². The lowest BCUT2D eigenvalue weighted by Crippen LogP contribution is -2.17. The quantitative estimate of drug-likeness (QED) is 0.304. The maximum atomic E-state index is 11.5. The van der Waals surface area contributed by atoms with E-state index in [9.17, 15) is 9.59 Å². The van der Waals surface area contributed by atoms with Crippen molar-refractivity contribution in [3.05, 3.63) is 23.4 Å². The van der Waals surface area contributed by atoms with Gasteiger partial charge in [-0.25, -0.2) is 4.79 Å². The topological polar surface area (TPSA) is 55.7 Å². The van der Waals surface area contributed by atoms with Crippen LogP contribution in [0.3, 0.4) is 0 Å². The summed E-state index contributed by atoms with van der Waals surface area (Å²) in [5.41, 5.74) is 0.716. The Hall–Kier alpha value is -1.71. The molecule has 0 aromatic carbocycles. The van der Waals surface area contributed by atoms with E-state index < -0.39 is 5.97 Å². The van der Waals surface area contributed by atoms with Gasteiger partial charge in [0.25, 0.3) is 0 Å². The van der Waals surface area contributed by atoms with Gasteiger partial charge in [-0.05, 0) is 25.8 Å². The number of ketones is 1. The van der Waals surface area contributed by atoms with E-state index in [4.69, 9.17) is 4.74 Å². The van der Waals surface area contributed by atoms with Crippen molar-refractivity contribution in [3.63, 3.8) is 0 Å². The molecule has 0 aromatic heterocycles. The molecule has 0 bridgehead atoms. The van der Waals surface area contributed by atoms with E-state index in [0.717, 1.165) is 0 Å². The summed E-state index contributed by atoms with van der Waals surface area (Å²) in [5.74, 6) is -0.855. The molecule has 0 aromatic rings. The summed E-state index contributed by atoms with van der Waals surface area (Å²) in [5, 5.41) is 0. The van der Waals surface area contributed by atoms with Gasteiger partial charge in [-0.2, -0.15) is 0 Å². The Kier molecular flexibility index (Phi) is 3.97. The third-order valence-corrected chi connectivity index (χ3v) is 1.91. The Morgan fingerprint density at radius 3 is 2.73 bits per heavy atom. The van der Waals surface area contributed by atoms with Crippen LogP contribution in [0.1, 0.15) is 20.3 Å². The smallest absolute Gasteiger partial charge is 0.342 e. The van der Waals surface area contributed by atoms with Gasteiger partial charge in [0.1, 0.15) is 5.57 Å². The molecule has 0 saturated carbocycles. The number of hydrogen-bond acceptors (Lipinski definition) is 4. The van der Waals surface area contributed by atoms with Crippen LogP contribution in [0.5, 0.6) is 0 Å². The van der Waals surface area contributed by atoms with Crippen LogP contribution >= 0.6 is 0 Å². The maximum Gasteiger partial charge on any atom is 0.342 e. The SMILES string of the molecule is CCOC(=O)C(C(C)=O)=C1C=NC=CC1. The maximum absolute atomic E-state index is 11.5. The molecule has 0 radical (unpaired) electrons. The van der Waals surface area contributed by atoms with Crippen molar-refractivity contribution < 1.29 is 14.3 Å². The van der Waals surface area contributed by atoms with E-state index in [1.165, 1.54) is 13.1 Å². The van der Waals surface area contributed by atoms with Gasteiger partial charge in [-0.1, -0.05) is 6.08 Å². The molecule has 1 heterocycles. The van der Waals surface area contributed by atoms with Gasteiger partial charge >= 0.3 is 5.97 Å². The molecule has 4 heteroatoms. The predicted octanol–water partition coefficient (Wildman–Crippen LogP) is 1.42. The van der Waals surface area contributed by atoms with E-state index in [-0.39, 0.29) is 18.0 Å². The van der Waals surface area contributed by atoms with E-state index in [1.807, 2.05) is 0 Å². The molecule has 0 spiro atoms. The van der Waals surface area contributed by atoms with Gasteiger partial charge in [-0.15, -0.1) is 0 Å². The fourth-order valence-corrected chi connectivity index (χ4v) is 1.30. The summed E-state index contributed by atoms with van der Waals surface area (Å²) in [6.07, 6.45) is 5.48. The van der Waals surface area contributed by atoms with Crippen LogP contribution in [-0.2, 0) is 14.3 Å². The number of aliphatic imine (C=N–C) groups is 1. The van der Waals surface area contributed by atoms with E-state index in [1.54, 1.807) is 19.2 Å². The number of hydrogen-bond donors (Lipinski definition) is 0. The number of esters is 1. The van der Waals surface area contributed by atoms with Crippen molar-refractivity contribution in [2.75, 3.05) is 6.61 Å². The Morgan fingerprint density at radius 1 is 1.53 bits per heavy atom. The molecule has 4 nitrogen and oxygen atoms in total. The van der Waals surface area contributed by atoms with Crippen LogP contribution in [0.25, 0.3) is 0 Å². The summed E-state index contributed by atoms with van der Waals surface area (Å²) in [6, 6.07) is 0. The molecule has 0 fully saturated rings. The highest BCUT2D eigenvalue weighted by atomic mass is 16.5. The van der Waals surface area contributed by atoms with Crippen molar-refractivity contribution in [2.45, 2.75) is 20.3 Å². The molecule has 1 rings (SSSR count). The van der Waals surface area contributed by atoms with Crippen LogP contribution in [-0.4, -0.2) is 24.6 Å². The first-order valence-corrected chi connectivity index (χ1v) is 4.76. The average molecular weight is 207 g/mol. The molecular formula is C11H13NO3. The number of rotatable bonds is 3. The van der Waals surface area contributed by atoms with Crippen molar-refractivity contribution in [2.24, 2.45) is 4.99 Å². The van der Waals surface area contributed by atoms with Gasteiger partial charge in [0.2, 0.25) is 0 Å². The Labute approximate surface area is 88.3 Å². The Morgan fingerprint density at radius 2 is 2.27 bits per heavy atom. The fraction of sp³-hybridized carbons (Fsp3) is 0.364. The number of carbonyl (C=O) groups is 2. The normalized spacial score (nSPS) is 17.5. The third-order valence-electron chi connectivity index (χ3n) is 1.91. The molecule has 15 heavy (non-hydrogen) atoms. The Balaban J connectivity index is 3.01. The number of carbonyl (C=O) groups excluding carboxylic acids is 2. The molecule has 1 aliphatic rings. The Bertz CT molecular complexity index is 364. The highest BCUT2D eigenvalue weighted by Crippen LogP contribution is 2.14. The highest BCUT2D eigenvalue weighted by molar-refractivity contribution is 6.20. The van der Waals surface area contributed by atoms with E-state index >= 15 is 0 Å². The van der Waals surface area contributed by atoms with Crippen LogP contribution in [0.4, 0.5) is 0 Å². The van der Waals surface area contributed by atoms with Gasteiger partial charge in [-0.3, -0.25) is 9.79 Å². The molecule has 0 saturated heterocycles. The average Bonchev–Trinajstić information content (AvgIpc) is 2.19. The molecule has 0 amide bonds. The third kappa shape index (κ3) is 2.87. The molecular weight excluding hydrogens is 194 g/mol. The van der Waals surface area contributed by atoms with Crippen LogP contribution in [0, 0.1) is 0 Å². The van der Waals surface area contributed by atoms with Crippen molar-refractivity contribution in [3.8, 4) is 0 Å². The lowest BCUT2D eigenvalue weighted by Gasteiger charge is -2.08. The first kappa shape index (κ1) is 11.4. The standard InChI is InChI=1S/C11H13NO3/c1-3-15-11(14)10(8(2)13)9-5-4-6-12-7-9/h4,6-7H,3,5H2,1-2H3. The van der Waals surface area contributed by atoms with Gasteiger partial charge in [0.15, 0.2) is 5.78 Å². The monoisotopic (exact) mass is 207 g/mol. The van der Waals surface area contributed by atoms with Gasteiger partial charge in [0, 0.05) is 12.4 Å². The highest BCUT2D eigenvalue weighted by Gasteiger charge is 2.20. The minimum Gasteiger partial charge on any atom is -0.462 e. The summed E-state index contributed by atoms with van der Waals surface area (Å²) < 4.78 is 4.82. The largest absolute Gasteiger partial charge is 0.462 e. The molecule has 1 aliphatic heterocycles. The number of ether oxygens (including phenoxy) is 1. The summed E-state index contributed by atoms with van der Waals surface area (Å²) >= 11 is 0. The second-order valence-electron chi connectivity index (χ2n) is 3.04. The van der Waals surface area contributed by atoms with Gasteiger partial charge < -0.3 is 4.74 Å². The lowest BCUT2D eigenvalue weighted by molar-refractivity contribution is -0.139. The molecule has 0 atom stereocenters. The minimum absolute atomic E-state index is 0.102. The predicted molar refractivity (Wildman–Crippen MR) is 56.6 cm³/mol. The van der Waals surface area contributed by atoms with Crippen molar-refractivity contribution >= 4 is 18.0 Å². The molecule has 0 unspecified atom stereocenters. The number of Topliss-reactive ketones (excluding diaryl/α,β-unsaturated/α-hetero) is 1. The van der Waals surface area contributed by atoms with Crippen LogP contribution < -0.4 is 0 Å². The lowest BCUT2D eigenvalue weighted by atomic mass is 10.0. The zero-order valence-corrected chi connectivity index (χ0v) is 8.82. The fourth-order valence-electron chi connectivity index (χ4n) is 1.30. The zero-order chi connectivity index (χ0) is 11.3. The number of allylic oxidation sites excluding steroid dienone is 2. The van der Waals surface area contributed by atoms with Crippen LogP contribution in [0.15, 0.2) is 28.4 Å². The summed E-state index contributed by atoms with van der Waals surface area (Å²) in [7, 11) is 0. The van der Waals surface area contributed by atoms with E-state index in [2.05, 4.69) is 4.99 Å². The molecule has 0 N–H and O–H groups in total.